The molecule has 1 saturated heterocycles. The van der Waals surface area contributed by atoms with E-state index >= 15 is 0 Å². The van der Waals surface area contributed by atoms with E-state index in [9.17, 15) is 9.59 Å². The first-order valence-corrected chi connectivity index (χ1v) is 9.49. The number of nitrogens with zero attached hydrogens (tertiary/aromatic N) is 3. The van der Waals surface area contributed by atoms with Gasteiger partial charge in [-0.1, -0.05) is 12.1 Å². The van der Waals surface area contributed by atoms with Gasteiger partial charge in [0.15, 0.2) is 0 Å². The third-order valence-corrected chi connectivity index (χ3v) is 5.15. The third kappa shape index (κ3) is 4.66. The van der Waals surface area contributed by atoms with E-state index in [-0.39, 0.29) is 17.9 Å². The second kappa shape index (κ2) is 8.42. The van der Waals surface area contributed by atoms with Gasteiger partial charge >= 0.3 is 6.03 Å². The molecule has 1 aliphatic heterocycles. The molecular formula is C18H27N3O2S. The highest BCUT2D eigenvalue weighted by Gasteiger charge is 2.29. The van der Waals surface area contributed by atoms with Crippen LogP contribution in [0.4, 0.5) is 4.79 Å². The Morgan fingerprint density at radius 2 is 1.88 bits per heavy atom. The molecule has 132 valence electrons. The monoisotopic (exact) mass is 349 g/mol. The highest BCUT2D eigenvalue weighted by molar-refractivity contribution is 7.98. The number of carbonyl (C=O) groups is 2. The molecule has 0 bridgehead atoms. The van der Waals surface area contributed by atoms with E-state index in [4.69, 9.17) is 0 Å². The predicted octanol–water partition coefficient (Wildman–Crippen LogP) is 2.76. The van der Waals surface area contributed by atoms with Crippen LogP contribution in [0.3, 0.4) is 0 Å². The van der Waals surface area contributed by atoms with Crippen molar-refractivity contribution >= 4 is 23.7 Å². The third-order valence-electron chi connectivity index (χ3n) is 4.43. The van der Waals surface area contributed by atoms with Gasteiger partial charge in [-0.2, -0.15) is 0 Å². The largest absolute Gasteiger partial charge is 0.341 e. The molecule has 0 spiro atoms. The van der Waals surface area contributed by atoms with Crippen molar-refractivity contribution in [2.24, 2.45) is 5.92 Å². The number of urea groups is 1. The lowest BCUT2D eigenvalue weighted by Crippen LogP contribution is -2.46. The Hall–Kier alpha value is -1.69. The number of rotatable bonds is 4. The van der Waals surface area contributed by atoms with Gasteiger partial charge in [0.2, 0.25) is 5.91 Å². The molecule has 6 heteroatoms. The van der Waals surface area contributed by atoms with Crippen LogP contribution in [0, 0.1) is 5.92 Å². The van der Waals surface area contributed by atoms with Crippen molar-refractivity contribution in [1.82, 2.24) is 14.7 Å². The van der Waals surface area contributed by atoms with E-state index in [0.717, 1.165) is 18.4 Å². The summed E-state index contributed by atoms with van der Waals surface area (Å²) in [4.78, 5) is 31.1. The number of likely N-dealkylation sites (tertiary alicyclic amines) is 1. The Balaban J connectivity index is 1.89. The molecule has 0 aliphatic carbocycles. The lowest BCUT2D eigenvalue weighted by molar-refractivity contribution is -0.136. The van der Waals surface area contributed by atoms with E-state index in [2.05, 4.69) is 24.5 Å². The van der Waals surface area contributed by atoms with E-state index in [0.29, 0.717) is 19.6 Å². The number of piperidine rings is 1. The van der Waals surface area contributed by atoms with E-state index in [1.54, 1.807) is 30.8 Å². The number of hydrogen-bond acceptors (Lipinski definition) is 3. The van der Waals surface area contributed by atoms with Crippen molar-refractivity contribution < 1.29 is 9.59 Å². The predicted molar refractivity (Wildman–Crippen MR) is 98.1 cm³/mol. The molecule has 2 rings (SSSR count). The molecule has 1 heterocycles. The summed E-state index contributed by atoms with van der Waals surface area (Å²) in [6.07, 6.45) is 3.54. The van der Waals surface area contributed by atoms with Gasteiger partial charge < -0.3 is 14.7 Å². The van der Waals surface area contributed by atoms with Crippen LogP contribution in [0.15, 0.2) is 29.2 Å². The minimum atomic E-state index is 0.0185. The minimum Gasteiger partial charge on any atom is -0.341 e. The fraction of sp³-hybridized carbons (Fsp3) is 0.556. The molecule has 0 atom stereocenters. The quantitative estimate of drug-likeness (QED) is 0.785. The first-order chi connectivity index (χ1) is 11.4. The fourth-order valence-electron chi connectivity index (χ4n) is 3.03. The number of benzene rings is 1. The summed E-state index contributed by atoms with van der Waals surface area (Å²) < 4.78 is 0. The molecule has 0 saturated carbocycles. The van der Waals surface area contributed by atoms with Crippen LogP contribution in [0.5, 0.6) is 0 Å². The number of hydrogen-bond donors (Lipinski definition) is 0. The first kappa shape index (κ1) is 18.6. The lowest BCUT2D eigenvalue weighted by atomic mass is 9.95. The summed E-state index contributed by atoms with van der Waals surface area (Å²) in [6, 6.07) is 8.33. The van der Waals surface area contributed by atoms with Crippen molar-refractivity contribution in [3.05, 3.63) is 29.8 Å². The second-order valence-corrected chi connectivity index (χ2v) is 7.36. The first-order valence-electron chi connectivity index (χ1n) is 8.26. The van der Waals surface area contributed by atoms with Crippen LogP contribution in [0.1, 0.15) is 18.4 Å². The van der Waals surface area contributed by atoms with Gasteiger partial charge in [0.05, 0.1) is 0 Å². The summed E-state index contributed by atoms with van der Waals surface area (Å²) in [6.45, 7) is 1.94. The molecule has 0 aromatic heterocycles. The molecular weight excluding hydrogens is 322 g/mol. The van der Waals surface area contributed by atoms with Gasteiger partial charge in [0.1, 0.15) is 0 Å². The van der Waals surface area contributed by atoms with Crippen molar-refractivity contribution in [1.29, 1.82) is 0 Å². The van der Waals surface area contributed by atoms with Crippen molar-refractivity contribution in [3.8, 4) is 0 Å². The average molecular weight is 350 g/mol. The molecule has 1 fully saturated rings. The zero-order valence-corrected chi connectivity index (χ0v) is 15.8. The van der Waals surface area contributed by atoms with Crippen molar-refractivity contribution in [2.45, 2.75) is 24.3 Å². The Labute approximate surface area is 149 Å². The topological polar surface area (TPSA) is 43.9 Å². The van der Waals surface area contributed by atoms with Crippen LogP contribution in [-0.4, -0.2) is 67.1 Å². The van der Waals surface area contributed by atoms with Gasteiger partial charge in [-0.25, -0.2) is 4.79 Å². The maximum absolute atomic E-state index is 12.7. The lowest BCUT2D eigenvalue weighted by Gasteiger charge is -2.34. The maximum atomic E-state index is 12.7. The molecule has 5 nitrogen and oxygen atoms in total. The summed E-state index contributed by atoms with van der Waals surface area (Å²) in [5.41, 5.74) is 1.15. The summed E-state index contributed by atoms with van der Waals surface area (Å²) >= 11 is 1.71. The van der Waals surface area contributed by atoms with Crippen LogP contribution >= 0.6 is 11.8 Å². The van der Waals surface area contributed by atoms with Gasteiger partial charge in [0, 0.05) is 51.6 Å². The summed E-state index contributed by atoms with van der Waals surface area (Å²) in [5, 5.41) is 0. The van der Waals surface area contributed by atoms with E-state index in [1.165, 1.54) is 4.90 Å². The Bertz CT molecular complexity index is 583. The number of thioether (sulfide) groups is 1. The molecule has 1 aromatic rings. The standard InChI is InChI=1S/C18H27N3O2S/c1-19(2)18(23)21-10-8-15(9-11-21)17(22)20(3)13-14-6-5-7-16(12-14)24-4/h5-7,12,15H,8-11,13H2,1-4H3. The number of amides is 3. The van der Waals surface area contributed by atoms with Gasteiger partial charge in [-0.05, 0) is 36.8 Å². The zero-order chi connectivity index (χ0) is 17.7. The fourth-order valence-corrected chi connectivity index (χ4v) is 3.52. The van der Waals surface area contributed by atoms with Gasteiger partial charge in [0.25, 0.3) is 0 Å². The molecule has 3 amide bonds. The van der Waals surface area contributed by atoms with E-state index in [1.807, 2.05) is 22.9 Å². The summed E-state index contributed by atoms with van der Waals surface area (Å²) in [7, 11) is 5.39. The zero-order valence-electron chi connectivity index (χ0n) is 15.0. The molecule has 1 aliphatic rings. The molecule has 0 radical (unpaired) electrons. The van der Waals surface area contributed by atoms with Crippen LogP contribution < -0.4 is 0 Å². The number of carbonyl (C=O) groups excluding carboxylic acids is 2. The highest BCUT2D eigenvalue weighted by atomic mass is 32.2. The Morgan fingerprint density at radius 1 is 1.21 bits per heavy atom. The maximum Gasteiger partial charge on any atom is 0.319 e. The van der Waals surface area contributed by atoms with Crippen LogP contribution in [0.25, 0.3) is 0 Å². The molecule has 24 heavy (non-hydrogen) atoms. The van der Waals surface area contributed by atoms with Crippen LogP contribution in [-0.2, 0) is 11.3 Å². The van der Waals surface area contributed by atoms with Gasteiger partial charge in [-0.3, -0.25) is 4.79 Å². The molecule has 1 aromatic carbocycles. The van der Waals surface area contributed by atoms with Gasteiger partial charge in [-0.15, -0.1) is 11.8 Å². The normalized spacial score (nSPS) is 15.2. The molecule has 0 N–H and O–H groups in total. The SMILES string of the molecule is CSc1cccc(CN(C)C(=O)C2CCN(C(=O)N(C)C)CC2)c1. The molecule has 0 unspecified atom stereocenters. The Kier molecular flexibility index (Phi) is 6.54. The average Bonchev–Trinajstić information content (AvgIpc) is 2.60. The van der Waals surface area contributed by atoms with E-state index < -0.39 is 0 Å². The smallest absolute Gasteiger partial charge is 0.319 e. The van der Waals surface area contributed by atoms with Crippen LogP contribution in [0.2, 0.25) is 0 Å². The summed E-state index contributed by atoms with van der Waals surface area (Å²) in [5.74, 6) is 0.200. The second-order valence-electron chi connectivity index (χ2n) is 6.48. The van der Waals surface area contributed by atoms with Crippen molar-refractivity contribution in [3.63, 3.8) is 0 Å². The highest BCUT2D eigenvalue weighted by Crippen LogP contribution is 2.22. The Morgan fingerprint density at radius 3 is 2.46 bits per heavy atom. The minimum absolute atomic E-state index is 0.0185. The van der Waals surface area contributed by atoms with Crippen molar-refractivity contribution in [2.75, 3.05) is 40.5 Å².